The highest BCUT2D eigenvalue weighted by molar-refractivity contribution is 5.98. The fourth-order valence-electron chi connectivity index (χ4n) is 2.78. The molecule has 0 aromatic rings. The van der Waals surface area contributed by atoms with Gasteiger partial charge in [0, 0.05) is 19.8 Å². The Morgan fingerprint density at radius 3 is 2.65 bits per heavy atom. The van der Waals surface area contributed by atoms with Gasteiger partial charge in [0.1, 0.15) is 5.54 Å². The molecule has 2 aliphatic rings. The van der Waals surface area contributed by atoms with Crippen molar-refractivity contribution < 1.29 is 14.3 Å². The van der Waals surface area contributed by atoms with Crippen LogP contribution in [0, 0.1) is 5.92 Å². The summed E-state index contributed by atoms with van der Waals surface area (Å²) in [7, 11) is 0. The van der Waals surface area contributed by atoms with Gasteiger partial charge in [-0.2, -0.15) is 0 Å². The monoisotopic (exact) mass is 282 g/mol. The third kappa shape index (κ3) is 3.51. The van der Waals surface area contributed by atoms with Crippen LogP contribution in [-0.4, -0.2) is 48.6 Å². The highest BCUT2D eigenvalue weighted by atomic mass is 16.5. The Hall–Kier alpha value is -1.10. The zero-order valence-corrected chi connectivity index (χ0v) is 12.6. The number of unbranched alkanes of at least 4 members (excludes halogenated alkanes) is 1. The molecule has 2 fully saturated rings. The second-order valence-corrected chi connectivity index (χ2v) is 6.07. The van der Waals surface area contributed by atoms with Gasteiger partial charge >= 0.3 is 0 Å². The quantitative estimate of drug-likeness (QED) is 0.683. The molecule has 1 N–H and O–H groups in total. The van der Waals surface area contributed by atoms with Gasteiger partial charge in [0.25, 0.3) is 0 Å². The molecule has 5 nitrogen and oxygen atoms in total. The molecule has 5 heteroatoms. The van der Waals surface area contributed by atoms with Gasteiger partial charge in [0.05, 0.1) is 6.54 Å². The van der Waals surface area contributed by atoms with E-state index in [4.69, 9.17) is 4.74 Å². The molecule has 1 saturated carbocycles. The minimum absolute atomic E-state index is 0.0362. The minimum Gasteiger partial charge on any atom is -0.381 e. The maximum absolute atomic E-state index is 12.5. The summed E-state index contributed by atoms with van der Waals surface area (Å²) in [5, 5.41) is 2.89. The molecule has 2 amide bonds. The van der Waals surface area contributed by atoms with E-state index in [-0.39, 0.29) is 18.4 Å². The van der Waals surface area contributed by atoms with Crippen molar-refractivity contribution >= 4 is 11.8 Å². The smallest absolute Gasteiger partial charge is 0.248 e. The highest BCUT2D eigenvalue weighted by Gasteiger charge is 2.52. The first-order valence-electron chi connectivity index (χ1n) is 7.76. The Morgan fingerprint density at radius 2 is 2.00 bits per heavy atom. The average molecular weight is 282 g/mol. The first-order valence-corrected chi connectivity index (χ1v) is 7.76. The number of amides is 2. The molecule has 1 aliphatic heterocycles. The second-order valence-electron chi connectivity index (χ2n) is 6.07. The van der Waals surface area contributed by atoms with Crippen LogP contribution in [-0.2, 0) is 14.3 Å². The fraction of sp³-hybridized carbons (Fsp3) is 0.867. The Kier molecular flexibility index (Phi) is 5.02. The number of nitrogens with zero attached hydrogens (tertiary/aromatic N) is 1. The third-order valence-corrected chi connectivity index (χ3v) is 4.22. The number of hydrogen-bond donors (Lipinski definition) is 1. The molecule has 1 unspecified atom stereocenters. The molecule has 2 rings (SSSR count). The number of ether oxygens (including phenoxy) is 1. The van der Waals surface area contributed by atoms with E-state index in [1.54, 1.807) is 4.90 Å². The lowest BCUT2D eigenvalue weighted by Crippen LogP contribution is -2.66. The maximum Gasteiger partial charge on any atom is 0.248 e. The van der Waals surface area contributed by atoms with Crippen LogP contribution in [0.1, 0.15) is 46.0 Å². The first-order chi connectivity index (χ1) is 9.58. The molecule has 0 aromatic carbocycles. The normalized spacial score (nSPS) is 26.8. The molecule has 1 atom stereocenters. The Balaban J connectivity index is 1.78. The average Bonchev–Trinajstić information content (AvgIpc) is 3.23. The second kappa shape index (κ2) is 6.57. The van der Waals surface area contributed by atoms with Gasteiger partial charge in [-0.05, 0) is 38.5 Å². The van der Waals surface area contributed by atoms with Crippen molar-refractivity contribution in [2.24, 2.45) is 5.92 Å². The highest BCUT2D eigenvalue weighted by Crippen LogP contribution is 2.41. The Labute approximate surface area is 121 Å². The zero-order chi connectivity index (χ0) is 14.6. The van der Waals surface area contributed by atoms with E-state index in [1.807, 2.05) is 6.92 Å². The van der Waals surface area contributed by atoms with Crippen LogP contribution in [0.4, 0.5) is 0 Å². The molecule has 0 aromatic heterocycles. The van der Waals surface area contributed by atoms with E-state index < -0.39 is 5.54 Å². The molecule has 1 saturated heterocycles. The van der Waals surface area contributed by atoms with Gasteiger partial charge in [-0.25, -0.2) is 0 Å². The summed E-state index contributed by atoms with van der Waals surface area (Å²) in [5.74, 6) is 0.363. The lowest BCUT2D eigenvalue weighted by atomic mass is 9.91. The lowest BCUT2D eigenvalue weighted by molar-refractivity contribution is -0.150. The van der Waals surface area contributed by atoms with Gasteiger partial charge in [-0.15, -0.1) is 0 Å². The van der Waals surface area contributed by atoms with Crippen LogP contribution in [0.15, 0.2) is 0 Å². The number of piperazine rings is 1. The van der Waals surface area contributed by atoms with E-state index in [2.05, 4.69) is 12.2 Å². The van der Waals surface area contributed by atoms with Crippen LogP contribution in [0.2, 0.25) is 0 Å². The minimum atomic E-state index is -0.668. The fourth-order valence-corrected chi connectivity index (χ4v) is 2.78. The van der Waals surface area contributed by atoms with Crippen molar-refractivity contribution in [2.45, 2.75) is 51.5 Å². The molecular formula is C15H26N2O3. The standard InChI is InChI=1S/C15H26N2O3/c1-3-4-9-20-10-5-8-17-11-13(18)16-15(2,14(17)19)12-6-7-12/h12H,3-11H2,1-2H3,(H,16,18). The van der Waals surface area contributed by atoms with E-state index in [0.717, 1.165) is 38.7 Å². The summed E-state index contributed by atoms with van der Waals surface area (Å²) in [6.07, 6.45) is 5.08. The van der Waals surface area contributed by atoms with Crippen LogP contribution in [0.3, 0.4) is 0 Å². The molecule has 1 aliphatic carbocycles. The van der Waals surface area contributed by atoms with Gasteiger partial charge in [-0.3, -0.25) is 9.59 Å². The lowest BCUT2D eigenvalue weighted by Gasteiger charge is -2.40. The molecule has 0 radical (unpaired) electrons. The summed E-state index contributed by atoms with van der Waals surface area (Å²) in [6.45, 7) is 6.24. The van der Waals surface area contributed by atoms with Crippen molar-refractivity contribution in [3.63, 3.8) is 0 Å². The largest absolute Gasteiger partial charge is 0.381 e. The first kappa shape index (κ1) is 15.3. The van der Waals surface area contributed by atoms with E-state index >= 15 is 0 Å². The van der Waals surface area contributed by atoms with Crippen LogP contribution in [0.5, 0.6) is 0 Å². The molecule has 20 heavy (non-hydrogen) atoms. The molecule has 0 bridgehead atoms. The number of rotatable bonds is 8. The summed E-state index contributed by atoms with van der Waals surface area (Å²) in [4.78, 5) is 26.0. The Morgan fingerprint density at radius 1 is 1.30 bits per heavy atom. The summed E-state index contributed by atoms with van der Waals surface area (Å²) < 4.78 is 5.50. The molecular weight excluding hydrogens is 256 g/mol. The third-order valence-electron chi connectivity index (χ3n) is 4.22. The topological polar surface area (TPSA) is 58.6 Å². The van der Waals surface area contributed by atoms with Crippen molar-refractivity contribution in [1.82, 2.24) is 10.2 Å². The van der Waals surface area contributed by atoms with E-state index in [0.29, 0.717) is 19.1 Å². The summed E-state index contributed by atoms with van der Waals surface area (Å²) in [6, 6.07) is 0. The van der Waals surface area contributed by atoms with Gasteiger partial charge in [0.15, 0.2) is 0 Å². The molecule has 0 spiro atoms. The number of hydrogen-bond acceptors (Lipinski definition) is 3. The van der Waals surface area contributed by atoms with E-state index in [9.17, 15) is 9.59 Å². The van der Waals surface area contributed by atoms with Gasteiger partial charge < -0.3 is 15.0 Å². The summed E-state index contributed by atoms with van der Waals surface area (Å²) >= 11 is 0. The van der Waals surface area contributed by atoms with Crippen LogP contribution >= 0.6 is 0 Å². The van der Waals surface area contributed by atoms with Gasteiger partial charge in [0.2, 0.25) is 11.8 Å². The summed E-state index contributed by atoms with van der Waals surface area (Å²) in [5.41, 5.74) is -0.668. The van der Waals surface area contributed by atoms with Crippen LogP contribution in [0.25, 0.3) is 0 Å². The molecule has 114 valence electrons. The number of carbonyl (C=O) groups is 2. The number of carbonyl (C=O) groups excluding carboxylic acids is 2. The predicted octanol–water partition coefficient (Wildman–Crippen LogP) is 1.32. The predicted molar refractivity (Wildman–Crippen MR) is 76.2 cm³/mol. The van der Waals surface area contributed by atoms with E-state index in [1.165, 1.54) is 0 Å². The van der Waals surface area contributed by atoms with Crippen molar-refractivity contribution in [3.8, 4) is 0 Å². The van der Waals surface area contributed by atoms with Crippen molar-refractivity contribution in [3.05, 3.63) is 0 Å². The molecule has 1 heterocycles. The van der Waals surface area contributed by atoms with Gasteiger partial charge in [-0.1, -0.05) is 13.3 Å². The SMILES string of the molecule is CCCCOCCCN1CC(=O)NC(C)(C2CC2)C1=O. The van der Waals surface area contributed by atoms with Crippen LogP contribution < -0.4 is 5.32 Å². The zero-order valence-electron chi connectivity index (χ0n) is 12.6. The van der Waals surface area contributed by atoms with Crippen molar-refractivity contribution in [1.29, 1.82) is 0 Å². The van der Waals surface area contributed by atoms with Crippen molar-refractivity contribution in [2.75, 3.05) is 26.3 Å². The number of nitrogens with one attached hydrogen (secondary N) is 1. The maximum atomic E-state index is 12.5. The Bertz CT molecular complexity index is 368.